The zero-order chi connectivity index (χ0) is 22.1. The number of rotatable bonds is 4. The Morgan fingerprint density at radius 1 is 0.875 bits per heavy atom. The van der Waals surface area contributed by atoms with Crippen LogP contribution in [0.4, 0.5) is 5.69 Å². The van der Waals surface area contributed by atoms with Crippen LogP contribution in [0.15, 0.2) is 95.4 Å². The topological polar surface area (TPSA) is 75.4 Å². The van der Waals surface area contributed by atoms with Crippen molar-refractivity contribution < 1.29 is 14.3 Å². The maximum Gasteiger partial charge on any atom is 0.255 e. The van der Waals surface area contributed by atoms with Crippen LogP contribution in [0.25, 0.3) is 33.7 Å². The predicted octanol–water partition coefficient (Wildman–Crippen LogP) is 6.43. The molecule has 0 fully saturated rings. The lowest BCUT2D eigenvalue weighted by Gasteiger charge is -2.08. The van der Waals surface area contributed by atoms with Crippen molar-refractivity contribution >= 4 is 22.7 Å². The highest BCUT2D eigenvalue weighted by Gasteiger charge is 2.15. The van der Waals surface area contributed by atoms with Gasteiger partial charge in [0.1, 0.15) is 11.3 Å². The molecule has 156 valence electrons. The Balaban J connectivity index is 1.39. The fourth-order valence-corrected chi connectivity index (χ4v) is 3.59. The van der Waals surface area contributed by atoms with Crippen molar-refractivity contribution in [1.29, 1.82) is 0 Å². The molecule has 5 nitrogen and oxygen atoms in total. The minimum absolute atomic E-state index is 0.0264. The molecule has 0 saturated carbocycles. The van der Waals surface area contributed by atoms with Crippen LogP contribution < -0.4 is 5.32 Å². The number of fused-ring (bicyclic) bond motifs is 1. The molecular formula is C27H20N2O3. The summed E-state index contributed by atoms with van der Waals surface area (Å²) in [5.74, 6) is 0.0827. The first-order valence-electron chi connectivity index (χ1n) is 10.2. The van der Waals surface area contributed by atoms with Gasteiger partial charge in [-0.05, 0) is 66.1 Å². The number of hydrogen-bond donors (Lipinski definition) is 2. The van der Waals surface area contributed by atoms with E-state index in [0.717, 1.165) is 16.7 Å². The van der Waals surface area contributed by atoms with Gasteiger partial charge in [0.2, 0.25) is 5.89 Å². The van der Waals surface area contributed by atoms with E-state index in [4.69, 9.17) is 4.42 Å². The number of hydrogen-bond acceptors (Lipinski definition) is 4. The standard InChI is InChI=1S/C27H20N2O3/c1-17-7-14-25-23(15-17)29-27(32-25)22-16-21(12-13-24(22)30)28-26(31)20-10-8-19(9-11-20)18-5-3-2-4-6-18/h2-16,30H,1H3,(H,28,31). The summed E-state index contributed by atoms with van der Waals surface area (Å²) >= 11 is 0. The van der Waals surface area contributed by atoms with Gasteiger partial charge in [0, 0.05) is 11.3 Å². The molecule has 0 spiro atoms. The average molecular weight is 420 g/mol. The van der Waals surface area contributed by atoms with Gasteiger partial charge in [0.25, 0.3) is 5.91 Å². The zero-order valence-electron chi connectivity index (χ0n) is 17.4. The van der Waals surface area contributed by atoms with Gasteiger partial charge in [0.05, 0.1) is 5.56 Å². The highest BCUT2D eigenvalue weighted by Crippen LogP contribution is 2.33. The number of oxazole rings is 1. The van der Waals surface area contributed by atoms with E-state index < -0.39 is 0 Å². The maximum atomic E-state index is 12.8. The van der Waals surface area contributed by atoms with Crippen LogP contribution in [-0.2, 0) is 0 Å². The van der Waals surface area contributed by atoms with Gasteiger partial charge in [-0.25, -0.2) is 4.98 Å². The summed E-state index contributed by atoms with van der Waals surface area (Å²) in [7, 11) is 0. The summed E-state index contributed by atoms with van der Waals surface area (Å²) in [4.78, 5) is 17.2. The Bertz CT molecular complexity index is 1420. The summed E-state index contributed by atoms with van der Waals surface area (Å²) in [5, 5.41) is 13.2. The molecule has 5 heteroatoms. The smallest absolute Gasteiger partial charge is 0.255 e. The molecule has 1 amide bonds. The Morgan fingerprint density at radius 3 is 2.41 bits per heavy atom. The number of phenols is 1. The van der Waals surface area contributed by atoms with Crippen LogP contribution in [-0.4, -0.2) is 16.0 Å². The lowest BCUT2D eigenvalue weighted by Crippen LogP contribution is -2.11. The summed E-state index contributed by atoms with van der Waals surface area (Å²) in [6.07, 6.45) is 0. The monoisotopic (exact) mass is 420 g/mol. The average Bonchev–Trinajstić information content (AvgIpc) is 3.24. The van der Waals surface area contributed by atoms with Gasteiger partial charge < -0.3 is 14.8 Å². The fourth-order valence-electron chi connectivity index (χ4n) is 3.59. The van der Waals surface area contributed by atoms with Crippen molar-refractivity contribution in [3.05, 3.63) is 102 Å². The summed E-state index contributed by atoms with van der Waals surface area (Å²) in [5.41, 5.74) is 6.05. The zero-order valence-corrected chi connectivity index (χ0v) is 17.4. The Hall–Kier alpha value is -4.38. The number of amides is 1. The van der Waals surface area contributed by atoms with Crippen LogP contribution in [0.1, 0.15) is 15.9 Å². The van der Waals surface area contributed by atoms with Crippen molar-refractivity contribution in [2.45, 2.75) is 6.92 Å². The summed E-state index contributed by atoms with van der Waals surface area (Å²) in [6, 6.07) is 28.0. The molecule has 32 heavy (non-hydrogen) atoms. The first kappa shape index (κ1) is 19.6. The molecule has 0 atom stereocenters. The maximum absolute atomic E-state index is 12.8. The molecule has 4 aromatic carbocycles. The van der Waals surface area contributed by atoms with Crippen molar-refractivity contribution in [3.63, 3.8) is 0 Å². The van der Waals surface area contributed by atoms with E-state index in [9.17, 15) is 9.90 Å². The molecule has 0 radical (unpaired) electrons. The molecule has 0 saturated heterocycles. The van der Waals surface area contributed by atoms with Crippen LogP contribution >= 0.6 is 0 Å². The Morgan fingerprint density at radius 2 is 1.62 bits per heavy atom. The van der Waals surface area contributed by atoms with Gasteiger partial charge in [-0.3, -0.25) is 4.79 Å². The molecule has 0 bridgehead atoms. The third-order valence-electron chi connectivity index (χ3n) is 5.28. The molecule has 5 aromatic rings. The van der Waals surface area contributed by atoms with Gasteiger partial charge in [0.15, 0.2) is 5.58 Å². The van der Waals surface area contributed by atoms with E-state index in [1.54, 1.807) is 24.3 Å². The highest BCUT2D eigenvalue weighted by atomic mass is 16.3. The van der Waals surface area contributed by atoms with E-state index in [1.807, 2.05) is 67.6 Å². The number of phenolic OH excluding ortho intramolecular Hbond substituents is 1. The van der Waals surface area contributed by atoms with Crippen LogP contribution in [0, 0.1) is 6.92 Å². The lowest BCUT2D eigenvalue weighted by atomic mass is 10.0. The normalized spacial score (nSPS) is 10.9. The van der Waals surface area contributed by atoms with E-state index in [1.165, 1.54) is 6.07 Å². The van der Waals surface area contributed by atoms with Crippen molar-refractivity contribution in [3.8, 4) is 28.3 Å². The molecule has 2 N–H and O–H groups in total. The molecule has 0 unspecified atom stereocenters. The van der Waals surface area contributed by atoms with Gasteiger partial charge >= 0.3 is 0 Å². The van der Waals surface area contributed by atoms with Gasteiger partial charge in [-0.2, -0.15) is 0 Å². The molecule has 0 aliphatic heterocycles. The molecule has 0 aliphatic carbocycles. The van der Waals surface area contributed by atoms with Crippen LogP contribution in [0.2, 0.25) is 0 Å². The quantitative estimate of drug-likeness (QED) is 0.329. The largest absolute Gasteiger partial charge is 0.507 e. The Kier molecular flexibility index (Phi) is 4.92. The Labute approximate surface area is 185 Å². The second-order valence-electron chi connectivity index (χ2n) is 7.62. The van der Waals surface area contributed by atoms with Gasteiger partial charge in [-0.15, -0.1) is 0 Å². The van der Waals surface area contributed by atoms with Crippen molar-refractivity contribution in [2.75, 3.05) is 5.32 Å². The van der Waals surface area contributed by atoms with E-state index in [2.05, 4.69) is 10.3 Å². The SMILES string of the molecule is Cc1ccc2oc(-c3cc(NC(=O)c4ccc(-c5ccccc5)cc4)ccc3O)nc2c1. The second-order valence-corrected chi connectivity index (χ2v) is 7.62. The van der Waals surface area contributed by atoms with E-state index in [0.29, 0.717) is 33.8 Å². The number of aryl methyl sites for hydroxylation is 1. The van der Waals surface area contributed by atoms with E-state index in [-0.39, 0.29) is 11.7 Å². The van der Waals surface area contributed by atoms with Crippen LogP contribution in [0.5, 0.6) is 5.75 Å². The van der Waals surface area contributed by atoms with Crippen LogP contribution in [0.3, 0.4) is 0 Å². The van der Waals surface area contributed by atoms with Gasteiger partial charge in [-0.1, -0.05) is 48.5 Å². The number of nitrogens with zero attached hydrogens (tertiary/aromatic N) is 1. The number of aromatic nitrogens is 1. The number of benzene rings is 4. The van der Waals surface area contributed by atoms with E-state index >= 15 is 0 Å². The third kappa shape index (κ3) is 3.84. The third-order valence-corrected chi connectivity index (χ3v) is 5.28. The molecular weight excluding hydrogens is 400 g/mol. The van der Waals surface area contributed by atoms with Crippen molar-refractivity contribution in [2.24, 2.45) is 0 Å². The number of carbonyl (C=O) groups excluding carboxylic acids is 1. The minimum atomic E-state index is -0.241. The molecule has 1 aromatic heterocycles. The van der Waals surface area contributed by atoms with Crippen molar-refractivity contribution in [1.82, 2.24) is 4.98 Å². The summed E-state index contributed by atoms with van der Waals surface area (Å²) in [6.45, 7) is 1.98. The summed E-state index contributed by atoms with van der Waals surface area (Å²) < 4.78 is 5.81. The fraction of sp³-hybridized carbons (Fsp3) is 0.0370. The first-order valence-corrected chi connectivity index (χ1v) is 10.2. The number of aromatic hydroxyl groups is 1. The predicted molar refractivity (Wildman–Crippen MR) is 126 cm³/mol. The minimum Gasteiger partial charge on any atom is -0.507 e. The number of anilines is 1. The number of nitrogens with one attached hydrogen (secondary N) is 1. The molecule has 1 heterocycles. The lowest BCUT2D eigenvalue weighted by molar-refractivity contribution is 0.102. The second kappa shape index (κ2) is 8.04. The highest BCUT2D eigenvalue weighted by molar-refractivity contribution is 6.04. The molecule has 0 aliphatic rings. The molecule has 5 rings (SSSR count). The number of carbonyl (C=O) groups is 1. The first-order chi connectivity index (χ1) is 15.6.